The predicted molar refractivity (Wildman–Crippen MR) is 89.7 cm³/mol. The first-order chi connectivity index (χ1) is 11.8. The Morgan fingerprint density at radius 2 is 1.84 bits per heavy atom. The van der Waals surface area contributed by atoms with E-state index < -0.39 is 21.9 Å². The molecule has 0 radical (unpaired) electrons. The van der Waals surface area contributed by atoms with E-state index in [1.54, 1.807) is 12.1 Å². The number of anilines is 1. The van der Waals surface area contributed by atoms with E-state index in [0.29, 0.717) is 0 Å². The summed E-state index contributed by atoms with van der Waals surface area (Å²) in [4.78, 5) is 23.5. The molecule has 0 aliphatic rings. The van der Waals surface area contributed by atoms with Gasteiger partial charge in [-0.25, -0.2) is 18.4 Å². The average Bonchev–Trinajstić information content (AvgIpc) is 2.59. The van der Waals surface area contributed by atoms with Crippen LogP contribution in [-0.4, -0.2) is 34.0 Å². The fourth-order valence-electron chi connectivity index (χ4n) is 1.96. The third kappa shape index (κ3) is 5.03. The minimum Gasteiger partial charge on any atom is -0.483 e. The Morgan fingerprint density at radius 3 is 2.52 bits per heavy atom. The van der Waals surface area contributed by atoms with Gasteiger partial charge in [0.1, 0.15) is 11.3 Å². The van der Waals surface area contributed by atoms with E-state index in [1.165, 1.54) is 43.5 Å². The molecule has 0 bridgehead atoms. The Kier molecular flexibility index (Phi) is 5.73. The molecular weight excluding hydrogens is 348 g/mol. The van der Waals surface area contributed by atoms with Crippen LogP contribution in [0.1, 0.15) is 10.4 Å². The molecule has 3 N–H and O–H groups in total. The van der Waals surface area contributed by atoms with Gasteiger partial charge in [0.25, 0.3) is 5.91 Å². The lowest BCUT2D eigenvalue weighted by atomic mass is 10.2. The van der Waals surface area contributed by atoms with Crippen molar-refractivity contribution in [1.82, 2.24) is 0 Å². The summed E-state index contributed by atoms with van der Waals surface area (Å²) in [7, 11) is -2.63. The molecule has 2 aromatic carbocycles. The van der Waals surface area contributed by atoms with Gasteiger partial charge in [-0.15, -0.1) is 0 Å². The number of sulfonamides is 1. The monoisotopic (exact) mass is 364 g/mol. The van der Waals surface area contributed by atoms with Gasteiger partial charge in [0, 0.05) is 5.69 Å². The number of benzene rings is 2. The number of amides is 1. The molecule has 0 fully saturated rings. The van der Waals surface area contributed by atoms with Gasteiger partial charge in [-0.05, 0) is 30.3 Å². The number of nitrogens with one attached hydrogen (secondary N) is 1. The molecule has 132 valence electrons. The van der Waals surface area contributed by atoms with Gasteiger partial charge in [0.2, 0.25) is 10.0 Å². The molecule has 2 rings (SSSR count). The Labute approximate surface area is 144 Å². The molecule has 2 aromatic rings. The highest BCUT2D eigenvalue weighted by Crippen LogP contribution is 2.19. The first kappa shape index (κ1) is 18.4. The van der Waals surface area contributed by atoms with Crippen molar-refractivity contribution in [3.8, 4) is 5.75 Å². The van der Waals surface area contributed by atoms with Gasteiger partial charge in [-0.2, -0.15) is 0 Å². The first-order valence-electron chi connectivity index (χ1n) is 7.04. The summed E-state index contributed by atoms with van der Waals surface area (Å²) in [5, 5.41) is 7.53. The van der Waals surface area contributed by atoms with Crippen molar-refractivity contribution < 1.29 is 27.5 Å². The quantitative estimate of drug-likeness (QED) is 0.741. The lowest BCUT2D eigenvalue weighted by molar-refractivity contribution is -0.118. The fourth-order valence-corrected chi connectivity index (χ4v) is 2.52. The second-order valence-electron chi connectivity index (χ2n) is 4.90. The minimum absolute atomic E-state index is 0.123. The second kappa shape index (κ2) is 7.77. The van der Waals surface area contributed by atoms with Gasteiger partial charge in [-0.1, -0.05) is 18.2 Å². The molecule has 0 atom stereocenters. The summed E-state index contributed by atoms with van der Waals surface area (Å²) >= 11 is 0. The van der Waals surface area contributed by atoms with Gasteiger partial charge < -0.3 is 14.8 Å². The van der Waals surface area contributed by atoms with Crippen molar-refractivity contribution in [2.45, 2.75) is 4.90 Å². The van der Waals surface area contributed by atoms with Crippen LogP contribution in [0.3, 0.4) is 0 Å². The molecule has 0 heterocycles. The normalized spacial score (nSPS) is 10.8. The molecule has 0 saturated heterocycles. The van der Waals surface area contributed by atoms with E-state index in [9.17, 15) is 18.0 Å². The van der Waals surface area contributed by atoms with Crippen LogP contribution in [0.5, 0.6) is 5.75 Å². The molecule has 0 aliphatic heterocycles. The number of para-hydroxylation sites is 1. The third-order valence-corrected chi connectivity index (χ3v) is 4.01. The maximum absolute atomic E-state index is 12.0. The Hall–Kier alpha value is -2.91. The summed E-state index contributed by atoms with van der Waals surface area (Å²) in [5.74, 6) is -0.925. The van der Waals surface area contributed by atoms with Gasteiger partial charge in [0.15, 0.2) is 6.61 Å². The molecule has 0 saturated carbocycles. The zero-order chi connectivity index (χ0) is 18.4. The summed E-state index contributed by atoms with van der Waals surface area (Å²) in [6, 6.07) is 11.8. The number of carbonyl (C=O) groups is 2. The van der Waals surface area contributed by atoms with Crippen LogP contribution in [0, 0.1) is 0 Å². The van der Waals surface area contributed by atoms with E-state index in [2.05, 4.69) is 10.1 Å². The number of primary sulfonamides is 1. The van der Waals surface area contributed by atoms with Crippen LogP contribution in [0.25, 0.3) is 0 Å². The highest BCUT2D eigenvalue weighted by Gasteiger charge is 2.14. The molecule has 0 aromatic heterocycles. The summed E-state index contributed by atoms with van der Waals surface area (Å²) in [5.41, 5.74) is 0.440. The van der Waals surface area contributed by atoms with Crippen LogP contribution in [0.15, 0.2) is 53.4 Å². The topological polar surface area (TPSA) is 125 Å². The van der Waals surface area contributed by atoms with Gasteiger partial charge in [-0.3, -0.25) is 4.79 Å². The van der Waals surface area contributed by atoms with Gasteiger partial charge >= 0.3 is 5.97 Å². The van der Waals surface area contributed by atoms with Crippen LogP contribution in [0.4, 0.5) is 5.69 Å². The van der Waals surface area contributed by atoms with Crippen molar-refractivity contribution in [3.05, 3.63) is 54.1 Å². The van der Waals surface area contributed by atoms with Crippen molar-refractivity contribution in [1.29, 1.82) is 0 Å². The maximum Gasteiger partial charge on any atom is 0.341 e. The zero-order valence-corrected chi connectivity index (χ0v) is 14.1. The molecule has 0 unspecified atom stereocenters. The Morgan fingerprint density at radius 1 is 1.12 bits per heavy atom. The number of rotatable bonds is 6. The summed E-state index contributed by atoms with van der Waals surface area (Å²) in [6.45, 7) is -0.381. The Balaban J connectivity index is 2.04. The summed E-state index contributed by atoms with van der Waals surface area (Å²) in [6.07, 6.45) is 0. The number of hydrogen-bond donors (Lipinski definition) is 2. The number of hydrogen-bond acceptors (Lipinski definition) is 6. The van der Waals surface area contributed by atoms with Crippen molar-refractivity contribution >= 4 is 27.6 Å². The van der Waals surface area contributed by atoms with Crippen LogP contribution >= 0.6 is 0 Å². The summed E-state index contributed by atoms with van der Waals surface area (Å²) < 4.78 is 32.6. The minimum atomic E-state index is -3.87. The van der Waals surface area contributed by atoms with E-state index >= 15 is 0 Å². The van der Waals surface area contributed by atoms with Crippen LogP contribution in [0.2, 0.25) is 0 Å². The van der Waals surface area contributed by atoms with E-state index in [1.807, 2.05) is 0 Å². The zero-order valence-electron chi connectivity index (χ0n) is 13.3. The molecule has 8 nitrogen and oxygen atoms in total. The number of carbonyl (C=O) groups excluding carboxylic acids is 2. The second-order valence-corrected chi connectivity index (χ2v) is 6.46. The fraction of sp³-hybridized carbons (Fsp3) is 0.125. The van der Waals surface area contributed by atoms with Crippen molar-refractivity contribution in [2.75, 3.05) is 19.0 Å². The number of esters is 1. The average molecular weight is 364 g/mol. The highest BCUT2D eigenvalue weighted by molar-refractivity contribution is 7.89. The lowest BCUT2D eigenvalue weighted by Gasteiger charge is -2.10. The molecule has 25 heavy (non-hydrogen) atoms. The van der Waals surface area contributed by atoms with Crippen molar-refractivity contribution in [2.24, 2.45) is 5.14 Å². The molecular formula is C16H16N2O6S. The number of methoxy groups -OCH3 is 1. The third-order valence-electron chi connectivity index (χ3n) is 3.10. The van der Waals surface area contributed by atoms with E-state index in [4.69, 9.17) is 9.88 Å². The lowest BCUT2D eigenvalue weighted by Crippen LogP contribution is -2.21. The molecule has 1 amide bonds. The SMILES string of the molecule is COC(=O)c1ccccc1OCC(=O)Nc1cccc(S(N)(=O)=O)c1. The molecule has 0 spiro atoms. The van der Waals surface area contributed by atoms with Crippen LogP contribution < -0.4 is 15.2 Å². The highest BCUT2D eigenvalue weighted by atomic mass is 32.2. The first-order valence-corrected chi connectivity index (χ1v) is 8.59. The van der Waals surface area contributed by atoms with Gasteiger partial charge in [0.05, 0.1) is 12.0 Å². The number of ether oxygens (including phenoxy) is 2. The van der Waals surface area contributed by atoms with E-state index in [-0.39, 0.29) is 28.5 Å². The van der Waals surface area contributed by atoms with Crippen LogP contribution in [-0.2, 0) is 19.6 Å². The van der Waals surface area contributed by atoms with Crippen molar-refractivity contribution in [3.63, 3.8) is 0 Å². The standard InChI is InChI=1S/C16H16N2O6S/c1-23-16(20)13-7-2-3-8-14(13)24-10-15(19)18-11-5-4-6-12(9-11)25(17,21)22/h2-9H,10H2,1H3,(H,18,19)(H2,17,21,22). The molecule has 9 heteroatoms. The van der Waals surface area contributed by atoms with E-state index in [0.717, 1.165) is 0 Å². The molecule has 0 aliphatic carbocycles. The number of nitrogens with two attached hydrogens (primary N) is 1. The largest absolute Gasteiger partial charge is 0.483 e. The maximum atomic E-state index is 12.0. The Bertz CT molecular complexity index is 895. The smallest absolute Gasteiger partial charge is 0.341 e. The predicted octanol–water partition coefficient (Wildman–Crippen LogP) is 1.14.